The van der Waals surface area contributed by atoms with E-state index in [1.165, 1.54) is 6.08 Å². The van der Waals surface area contributed by atoms with Crippen LogP contribution in [0.3, 0.4) is 0 Å². The van der Waals surface area contributed by atoms with Crippen LogP contribution in [0.1, 0.15) is 33.6 Å². The Morgan fingerprint density at radius 3 is 2.09 bits per heavy atom. The van der Waals surface area contributed by atoms with Crippen LogP contribution in [0.15, 0.2) is 23.3 Å². The molecule has 0 bridgehead atoms. The second kappa shape index (κ2) is 5.05. The molecule has 0 aromatic carbocycles. The summed E-state index contributed by atoms with van der Waals surface area (Å²) in [5, 5.41) is 0. The zero-order valence-corrected chi connectivity index (χ0v) is 7.25. The number of hydrogen-bond acceptors (Lipinski definition) is 0. The van der Waals surface area contributed by atoms with Crippen molar-refractivity contribution in [3.8, 4) is 0 Å². The summed E-state index contributed by atoms with van der Waals surface area (Å²) in [6.45, 7) is 4.98. The third-order valence-corrected chi connectivity index (χ3v) is 1.45. The molecule has 11 heavy (non-hydrogen) atoms. The van der Waals surface area contributed by atoms with Gasteiger partial charge in [0.2, 0.25) is 0 Å². The lowest BCUT2D eigenvalue weighted by molar-refractivity contribution is 0.584. The van der Waals surface area contributed by atoms with Crippen molar-refractivity contribution in [3.63, 3.8) is 0 Å². The van der Waals surface area contributed by atoms with E-state index in [-0.39, 0.29) is 11.7 Å². The van der Waals surface area contributed by atoms with Crippen LogP contribution < -0.4 is 0 Å². The Hall–Kier alpha value is -0.660. The lowest BCUT2D eigenvalue weighted by Gasteiger charge is -1.95. The second-order valence-electron chi connectivity index (χ2n) is 2.39. The summed E-state index contributed by atoms with van der Waals surface area (Å²) in [7, 11) is 0. The third-order valence-electron chi connectivity index (χ3n) is 1.45. The zero-order valence-electron chi connectivity index (χ0n) is 7.25. The molecule has 0 aliphatic heterocycles. The van der Waals surface area contributed by atoms with E-state index in [0.717, 1.165) is 0 Å². The minimum atomic E-state index is -0.272. The van der Waals surface area contributed by atoms with Crippen molar-refractivity contribution < 1.29 is 8.78 Å². The summed E-state index contributed by atoms with van der Waals surface area (Å²) in [6, 6.07) is 0. The molecule has 64 valence electrons. The first-order valence-electron chi connectivity index (χ1n) is 3.83. The Morgan fingerprint density at radius 1 is 1.18 bits per heavy atom. The van der Waals surface area contributed by atoms with Crippen molar-refractivity contribution in [1.82, 2.24) is 0 Å². The van der Waals surface area contributed by atoms with Gasteiger partial charge in [-0.3, -0.25) is 0 Å². The van der Waals surface area contributed by atoms with Crippen LogP contribution in [0.4, 0.5) is 8.78 Å². The molecule has 0 unspecified atom stereocenters. The van der Waals surface area contributed by atoms with E-state index in [2.05, 4.69) is 0 Å². The van der Waals surface area contributed by atoms with Gasteiger partial charge in [0.05, 0.1) is 5.83 Å². The van der Waals surface area contributed by atoms with Crippen LogP contribution in [0.5, 0.6) is 0 Å². The highest BCUT2D eigenvalue weighted by Crippen LogP contribution is 2.14. The van der Waals surface area contributed by atoms with Gasteiger partial charge in [-0.25, -0.2) is 8.78 Å². The Balaban J connectivity index is 4.37. The normalized spacial score (nSPS) is 14.8. The highest BCUT2D eigenvalue weighted by Gasteiger charge is 1.97. The van der Waals surface area contributed by atoms with Gasteiger partial charge in [-0.05, 0) is 31.4 Å². The van der Waals surface area contributed by atoms with E-state index in [1.54, 1.807) is 20.8 Å². The van der Waals surface area contributed by atoms with Gasteiger partial charge in [-0.2, -0.15) is 0 Å². The summed E-state index contributed by atoms with van der Waals surface area (Å²) in [5.41, 5.74) is 0.395. The Kier molecular flexibility index (Phi) is 4.75. The van der Waals surface area contributed by atoms with Crippen molar-refractivity contribution in [2.75, 3.05) is 0 Å². The molecule has 0 aliphatic rings. The van der Waals surface area contributed by atoms with Crippen LogP contribution in [0, 0.1) is 0 Å². The van der Waals surface area contributed by atoms with Gasteiger partial charge < -0.3 is 0 Å². The molecule has 0 radical (unpaired) electrons. The van der Waals surface area contributed by atoms with Crippen LogP contribution in [0.25, 0.3) is 0 Å². The fourth-order valence-electron chi connectivity index (χ4n) is 0.694. The standard InChI is InChI=1S/C9H14F2/c1-4-8(10)6-7(3)9(11)5-2/h6H,4-5H2,1-3H3/b8-6+,9-7+. The molecule has 0 fully saturated rings. The van der Waals surface area contributed by atoms with Gasteiger partial charge in [0.25, 0.3) is 0 Å². The summed E-state index contributed by atoms with van der Waals surface area (Å²) in [5.74, 6) is -0.514. The topological polar surface area (TPSA) is 0 Å². The van der Waals surface area contributed by atoms with Gasteiger partial charge in [-0.15, -0.1) is 0 Å². The van der Waals surface area contributed by atoms with Crippen LogP contribution in [0.2, 0.25) is 0 Å². The smallest absolute Gasteiger partial charge is 0.103 e. The maximum absolute atomic E-state index is 12.7. The maximum Gasteiger partial charge on any atom is 0.103 e. The molecular weight excluding hydrogens is 146 g/mol. The molecule has 0 N–H and O–H groups in total. The third kappa shape index (κ3) is 3.91. The van der Waals surface area contributed by atoms with Crippen molar-refractivity contribution in [1.29, 1.82) is 0 Å². The second-order valence-corrected chi connectivity index (χ2v) is 2.39. The summed E-state index contributed by atoms with van der Waals surface area (Å²) < 4.78 is 25.2. The summed E-state index contributed by atoms with van der Waals surface area (Å²) in [6.07, 6.45) is 1.91. The number of hydrogen-bond donors (Lipinski definition) is 0. The quantitative estimate of drug-likeness (QED) is 0.549. The molecule has 0 rings (SSSR count). The molecule has 0 spiro atoms. The van der Waals surface area contributed by atoms with E-state index in [4.69, 9.17) is 0 Å². The van der Waals surface area contributed by atoms with E-state index in [1.807, 2.05) is 0 Å². The van der Waals surface area contributed by atoms with E-state index in [0.29, 0.717) is 18.4 Å². The number of allylic oxidation sites excluding steroid dienone is 4. The van der Waals surface area contributed by atoms with Crippen molar-refractivity contribution in [2.45, 2.75) is 33.6 Å². The molecule has 0 aromatic rings. The van der Waals surface area contributed by atoms with Crippen molar-refractivity contribution in [3.05, 3.63) is 23.3 Å². The molecule has 0 amide bonds. The zero-order chi connectivity index (χ0) is 8.85. The Morgan fingerprint density at radius 2 is 1.73 bits per heavy atom. The lowest BCUT2D eigenvalue weighted by Crippen LogP contribution is -1.78. The molecule has 2 heteroatoms. The minimum Gasteiger partial charge on any atom is -0.212 e. The van der Waals surface area contributed by atoms with Gasteiger partial charge in [0.1, 0.15) is 5.83 Å². The highest BCUT2D eigenvalue weighted by molar-refractivity contribution is 5.21. The summed E-state index contributed by atoms with van der Waals surface area (Å²) >= 11 is 0. The molecule has 0 nitrogen and oxygen atoms in total. The van der Waals surface area contributed by atoms with Crippen LogP contribution in [-0.2, 0) is 0 Å². The molecule has 0 heterocycles. The lowest BCUT2D eigenvalue weighted by atomic mass is 10.2. The fraction of sp³-hybridized carbons (Fsp3) is 0.556. The monoisotopic (exact) mass is 160 g/mol. The predicted octanol–water partition coefficient (Wildman–Crippen LogP) is 3.90. The van der Waals surface area contributed by atoms with Gasteiger partial charge in [0, 0.05) is 0 Å². The molecule has 0 atom stereocenters. The van der Waals surface area contributed by atoms with Crippen LogP contribution in [-0.4, -0.2) is 0 Å². The molecule has 0 aliphatic carbocycles. The van der Waals surface area contributed by atoms with Gasteiger partial charge in [-0.1, -0.05) is 13.8 Å². The maximum atomic E-state index is 12.7. The average Bonchev–Trinajstić information content (AvgIpc) is 2.02. The highest BCUT2D eigenvalue weighted by atomic mass is 19.1. The first-order chi connectivity index (χ1) is 5.11. The SMILES string of the molecule is CC/C(F)=C\C(C)=C(\F)CC. The Labute approximate surface area is 66.6 Å². The van der Waals surface area contributed by atoms with E-state index in [9.17, 15) is 8.78 Å². The largest absolute Gasteiger partial charge is 0.212 e. The van der Waals surface area contributed by atoms with Gasteiger partial charge >= 0.3 is 0 Å². The minimum absolute atomic E-state index is 0.242. The van der Waals surface area contributed by atoms with Crippen molar-refractivity contribution in [2.24, 2.45) is 0 Å². The number of rotatable bonds is 3. The summed E-state index contributed by atoms with van der Waals surface area (Å²) in [4.78, 5) is 0. The molecule has 0 aromatic heterocycles. The number of halogens is 2. The first-order valence-corrected chi connectivity index (χ1v) is 3.83. The molecular formula is C9H14F2. The predicted molar refractivity (Wildman–Crippen MR) is 43.6 cm³/mol. The van der Waals surface area contributed by atoms with Crippen molar-refractivity contribution >= 4 is 0 Å². The fourth-order valence-corrected chi connectivity index (χ4v) is 0.694. The first kappa shape index (κ1) is 10.3. The van der Waals surface area contributed by atoms with E-state index >= 15 is 0 Å². The molecule has 0 saturated heterocycles. The van der Waals surface area contributed by atoms with Crippen LogP contribution >= 0.6 is 0 Å². The Bertz CT molecular complexity index is 178. The van der Waals surface area contributed by atoms with Gasteiger partial charge in [0.15, 0.2) is 0 Å². The average molecular weight is 160 g/mol. The molecule has 0 saturated carbocycles. The van der Waals surface area contributed by atoms with E-state index < -0.39 is 0 Å².